The summed E-state index contributed by atoms with van der Waals surface area (Å²) in [6.45, 7) is 8.20. The number of carbonyl (C=O) groups excluding carboxylic acids is 4. The number of aliphatic hydroxyl groups is 2. The van der Waals surface area contributed by atoms with E-state index in [-0.39, 0.29) is 71.2 Å². The van der Waals surface area contributed by atoms with Gasteiger partial charge in [-0.15, -0.1) is 0 Å². The summed E-state index contributed by atoms with van der Waals surface area (Å²) in [5.41, 5.74) is -0.717. The molecule has 0 spiro atoms. The molecule has 282 valence electrons. The summed E-state index contributed by atoms with van der Waals surface area (Å²) in [7, 11) is 0. The standard InChI is InChI=1S/C43H61ClO7/c1-5-6-10-13-27(46)16-17-29-28(38(48)25-39(29)49)14-11-8-7-9-12-15-40(50)51-43(26(2)45)21-19-32-30-23-36(44)35-24-37(47)31-22-34(31)42(35,4)33(30)18-20-41(32,43)3/h16-17,23-24,27-34,39,46,49H,5-15,18-22,25H2,1-4H3/b17-16+/t27?,28-,29?,30?,31?,32?,33?,34+,39?,41?,42?,43?/m1/s1. The highest BCUT2D eigenvalue weighted by Crippen LogP contribution is 2.72. The van der Waals surface area contributed by atoms with E-state index >= 15 is 0 Å². The molecule has 10 unspecified atom stereocenters. The Balaban J connectivity index is 0.982. The number of aliphatic hydroxyl groups excluding tert-OH is 2. The molecule has 4 fully saturated rings. The van der Waals surface area contributed by atoms with E-state index < -0.39 is 23.2 Å². The molecule has 6 aliphatic rings. The topological polar surface area (TPSA) is 118 Å². The van der Waals surface area contributed by atoms with Crippen molar-refractivity contribution in [1.82, 2.24) is 0 Å². The van der Waals surface area contributed by atoms with Crippen LogP contribution in [0.3, 0.4) is 0 Å². The number of rotatable bonds is 16. The quantitative estimate of drug-likeness (QED) is 0.0933. The number of ketones is 3. The number of halogens is 1. The van der Waals surface area contributed by atoms with Gasteiger partial charge >= 0.3 is 5.97 Å². The first-order valence-corrected chi connectivity index (χ1v) is 20.6. The van der Waals surface area contributed by atoms with Crippen LogP contribution >= 0.6 is 11.6 Å². The van der Waals surface area contributed by atoms with Crippen LogP contribution in [0.5, 0.6) is 0 Å². The van der Waals surface area contributed by atoms with E-state index in [0.29, 0.717) is 36.1 Å². The first-order chi connectivity index (χ1) is 24.3. The molecular weight excluding hydrogens is 664 g/mol. The van der Waals surface area contributed by atoms with Gasteiger partial charge in [-0.1, -0.05) is 95.5 Å². The maximum Gasteiger partial charge on any atom is 0.306 e. The van der Waals surface area contributed by atoms with Gasteiger partial charge in [-0.25, -0.2) is 0 Å². The van der Waals surface area contributed by atoms with Gasteiger partial charge in [0.05, 0.1) is 12.2 Å². The highest BCUT2D eigenvalue weighted by molar-refractivity contribution is 6.32. The Hall–Kier alpha value is -2.09. The van der Waals surface area contributed by atoms with Crippen molar-refractivity contribution in [1.29, 1.82) is 0 Å². The third-order valence-electron chi connectivity index (χ3n) is 14.8. The molecule has 0 aliphatic heterocycles. The van der Waals surface area contributed by atoms with E-state index in [1.54, 1.807) is 13.0 Å². The number of fused-ring (bicyclic) bond motifs is 7. The van der Waals surface area contributed by atoms with E-state index in [9.17, 15) is 29.4 Å². The van der Waals surface area contributed by atoms with Crippen LogP contribution in [-0.2, 0) is 23.9 Å². The lowest BCUT2D eigenvalue weighted by atomic mass is 9.47. The van der Waals surface area contributed by atoms with Gasteiger partial charge in [0.1, 0.15) is 5.78 Å². The van der Waals surface area contributed by atoms with Crippen LogP contribution < -0.4 is 0 Å². The van der Waals surface area contributed by atoms with Gasteiger partial charge < -0.3 is 14.9 Å². The zero-order valence-corrected chi connectivity index (χ0v) is 32.1. The van der Waals surface area contributed by atoms with Crippen LogP contribution in [0.15, 0.2) is 34.9 Å². The van der Waals surface area contributed by atoms with Crippen LogP contribution in [0.1, 0.15) is 137 Å². The fourth-order valence-electron chi connectivity index (χ4n) is 11.7. The van der Waals surface area contributed by atoms with E-state index in [0.717, 1.165) is 82.6 Å². The summed E-state index contributed by atoms with van der Waals surface area (Å²) in [6.07, 6.45) is 19.7. The molecule has 6 rings (SSSR count). The molecule has 51 heavy (non-hydrogen) atoms. The summed E-state index contributed by atoms with van der Waals surface area (Å²) in [6, 6.07) is 0. The van der Waals surface area contributed by atoms with Crippen molar-refractivity contribution in [2.45, 2.75) is 155 Å². The van der Waals surface area contributed by atoms with E-state index in [4.69, 9.17) is 16.3 Å². The second-order valence-corrected chi connectivity index (χ2v) is 17.9. The normalized spacial score (nSPS) is 40.2. The molecular formula is C43H61ClO7. The van der Waals surface area contributed by atoms with Gasteiger partial charge in [-0.3, -0.25) is 19.2 Å². The first-order valence-electron chi connectivity index (χ1n) is 20.2. The van der Waals surface area contributed by atoms with Crippen LogP contribution in [0, 0.1) is 52.3 Å². The average molecular weight is 725 g/mol. The number of hydrogen-bond donors (Lipinski definition) is 2. The molecule has 0 bridgehead atoms. The predicted octanol–water partition coefficient (Wildman–Crippen LogP) is 8.38. The summed E-state index contributed by atoms with van der Waals surface area (Å²) < 4.78 is 6.33. The van der Waals surface area contributed by atoms with Crippen molar-refractivity contribution in [3.8, 4) is 0 Å². The molecule has 0 aromatic heterocycles. The van der Waals surface area contributed by atoms with Crippen LogP contribution in [-0.4, -0.2) is 51.3 Å². The predicted molar refractivity (Wildman–Crippen MR) is 197 cm³/mol. The molecule has 0 saturated heterocycles. The molecule has 2 N–H and O–H groups in total. The highest BCUT2D eigenvalue weighted by Gasteiger charge is 2.70. The van der Waals surface area contributed by atoms with E-state index in [2.05, 4.69) is 26.8 Å². The SMILES string of the molecule is CCCCCC(O)/C=C/C1C(O)CC(=O)[C@@H]1CCCCCCCC(=O)OC1(C(C)=O)CCC2C3C=C(Cl)C4=CC(=O)C5C[C@@H]5C4(C)C3CCC21C. The first kappa shape index (κ1) is 38.6. The van der Waals surface area contributed by atoms with Gasteiger partial charge in [0.2, 0.25) is 0 Å². The lowest BCUT2D eigenvalue weighted by Gasteiger charge is -2.57. The van der Waals surface area contributed by atoms with Gasteiger partial charge in [0.25, 0.3) is 0 Å². The number of Topliss-reactive ketones (excluding diaryl/α,β-unsaturated/α-hetero) is 2. The monoisotopic (exact) mass is 724 g/mol. The van der Waals surface area contributed by atoms with Crippen molar-refractivity contribution in [2.75, 3.05) is 0 Å². The minimum atomic E-state index is -1.13. The summed E-state index contributed by atoms with van der Waals surface area (Å²) in [5.74, 6) is 0.714. The highest BCUT2D eigenvalue weighted by atomic mass is 35.5. The Kier molecular flexibility index (Phi) is 11.6. The fraction of sp³-hybridized carbons (Fsp3) is 0.767. The molecule has 0 heterocycles. The lowest BCUT2D eigenvalue weighted by Crippen LogP contribution is -2.58. The van der Waals surface area contributed by atoms with Crippen LogP contribution in [0.25, 0.3) is 0 Å². The molecule has 12 atom stereocenters. The molecule has 6 aliphatic carbocycles. The smallest absolute Gasteiger partial charge is 0.306 e. The molecule has 8 heteroatoms. The molecule has 0 aromatic carbocycles. The summed E-state index contributed by atoms with van der Waals surface area (Å²) in [4.78, 5) is 52.2. The second kappa shape index (κ2) is 15.3. The van der Waals surface area contributed by atoms with Gasteiger partial charge in [0, 0.05) is 46.5 Å². The van der Waals surface area contributed by atoms with Crippen molar-refractivity contribution >= 4 is 34.9 Å². The van der Waals surface area contributed by atoms with Crippen molar-refractivity contribution in [3.05, 3.63) is 34.9 Å². The third-order valence-corrected chi connectivity index (χ3v) is 15.1. The number of esters is 1. The molecule has 0 amide bonds. The minimum absolute atomic E-state index is 0.0618. The van der Waals surface area contributed by atoms with Crippen LogP contribution in [0.4, 0.5) is 0 Å². The van der Waals surface area contributed by atoms with E-state index in [1.807, 2.05) is 12.2 Å². The van der Waals surface area contributed by atoms with E-state index in [1.165, 1.54) is 0 Å². The number of hydrogen-bond acceptors (Lipinski definition) is 7. The van der Waals surface area contributed by atoms with Gasteiger partial charge in [0.15, 0.2) is 17.2 Å². The maximum atomic E-state index is 13.5. The Morgan fingerprint density at radius 3 is 2.49 bits per heavy atom. The van der Waals surface area contributed by atoms with Crippen LogP contribution in [0.2, 0.25) is 0 Å². The Morgan fingerprint density at radius 1 is 1.02 bits per heavy atom. The number of carbonyl (C=O) groups is 4. The Bertz CT molecular complexity index is 1460. The number of ether oxygens (including phenoxy) is 1. The zero-order valence-electron chi connectivity index (χ0n) is 31.3. The summed E-state index contributed by atoms with van der Waals surface area (Å²) >= 11 is 6.95. The molecule has 0 aromatic rings. The average Bonchev–Trinajstić information content (AvgIpc) is 3.78. The van der Waals surface area contributed by atoms with Gasteiger partial charge in [-0.2, -0.15) is 0 Å². The van der Waals surface area contributed by atoms with Crippen molar-refractivity contribution in [2.24, 2.45) is 52.3 Å². The second-order valence-electron chi connectivity index (χ2n) is 17.5. The van der Waals surface area contributed by atoms with Gasteiger partial charge in [-0.05, 0) is 93.6 Å². The summed E-state index contributed by atoms with van der Waals surface area (Å²) in [5, 5.41) is 21.5. The minimum Gasteiger partial charge on any atom is -0.450 e. The lowest BCUT2D eigenvalue weighted by molar-refractivity contribution is -0.187. The Labute approximate surface area is 310 Å². The maximum absolute atomic E-state index is 13.5. The van der Waals surface area contributed by atoms with Crippen molar-refractivity contribution < 1.29 is 34.1 Å². The molecule has 4 saturated carbocycles. The van der Waals surface area contributed by atoms with Crippen molar-refractivity contribution in [3.63, 3.8) is 0 Å². The largest absolute Gasteiger partial charge is 0.450 e. The number of allylic oxidation sites excluding steroid dienone is 4. The zero-order chi connectivity index (χ0) is 36.7. The molecule has 0 radical (unpaired) electrons. The number of unbranched alkanes of at least 4 members (excludes halogenated alkanes) is 6. The molecule has 7 nitrogen and oxygen atoms in total. The fourth-order valence-corrected chi connectivity index (χ4v) is 12.1. The Morgan fingerprint density at radius 2 is 1.75 bits per heavy atom. The third kappa shape index (κ3) is 7.02.